The lowest BCUT2D eigenvalue weighted by Gasteiger charge is -2.20. The van der Waals surface area contributed by atoms with E-state index in [1.165, 1.54) is 4.88 Å². The third kappa shape index (κ3) is 3.13. The summed E-state index contributed by atoms with van der Waals surface area (Å²) in [5.41, 5.74) is 2.06. The van der Waals surface area contributed by atoms with Crippen molar-refractivity contribution >= 4 is 33.0 Å². The number of aliphatic hydroxyl groups is 1. The Balaban J connectivity index is 2.16. The van der Waals surface area contributed by atoms with Crippen molar-refractivity contribution < 1.29 is 5.11 Å². The summed E-state index contributed by atoms with van der Waals surface area (Å²) in [6, 6.07) is 10.3. The van der Waals surface area contributed by atoms with E-state index < -0.39 is 6.10 Å². The van der Waals surface area contributed by atoms with E-state index in [1.54, 1.807) is 18.3 Å². The normalized spacial score (nSPS) is 12.4. The molecule has 0 spiro atoms. The molecule has 1 aromatic heterocycles. The summed E-state index contributed by atoms with van der Waals surface area (Å²) in [6.45, 7) is 2.67. The van der Waals surface area contributed by atoms with Gasteiger partial charge in [0, 0.05) is 22.1 Å². The van der Waals surface area contributed by atoms with E-state index in [9.17, 15) is 5.11 Å². The predicted octanol–water partition coefficient (Wildman–Crippen LogP) is 4.20. The summed E-state index contributed by atoms with van der Waals surface area (Å²) in [5.74, 6) is 0. The van der Waals surface area contributed by atoms with Crippen molar-refractivity contribution in [3.8, 4) is 0 Å². The van der Waals surface area contributed by atoms with E-state index in [-0.39, 0.29) is 0 Å². The number of benzene rings is 1. The van der Waals surface area contributed by atoms with Crippen LogP contribution >= 0.6 is 27.3 Å². The number of aliphatic hydroxyl groups excluding tert-OH is 1. The van der Waals surface area contributed by atoms with Gasteiger partial charge in [0.2, 0.25) is 0 Å². The molecule has 4 heteroatoms. The molecule has 96 valence electrons. The van der Waals surface area contributed by atoms with E-state index in [2.05, 4.69) is 51.5 Å². The van der Waals surface area contributed by atoms with Crippen molar-refractivity contribution in [1.82, 2.24) is 0 Å². The molecule has 2 aromatic rings. The fourth-order valence-corrected chi connectivity index (χ4v) is 3.28. The summed E-state index contributed by atoms with van der Waals surface area (Å²) in [6.07, 6.45) is -0.448. The second kappa shape index (κ2) is 5.87. The van der Waals surface area contributed by atoms with Crippen molar-refractivity contribution in [1.29, 1.82) is 0 Å². The van der Waals surface area contributed by atoms with Crippen LogP contribution in [0.15, 0.2) is 40.2 Å². The molecule has 0 aliphatic carbocycles. The Morgan fingerprint density at radius 3 is 2.72 bits per heavy atom. The minimum absolute atomic E-state index is 0.448. The molecule has 0 bridgehead atoms. The molecular formula is C14H16BrNOS. The number of halogens is 1. The lowest BCUT2D eigenvalue weighted by molar-refractivity contribution is 0.198. The average molecular weight is 326 g/mol. The Kier molecular flexibility index (Phi) is 4.43. The highest BCUT2D eigenvalue weighted by molar-refractivity contribution is 9.10. The highest BCUT2D eigenvalue weighted by atomic mass is 79.9. The molecule has 0 amide bonds. The van der Waals surface area contributed by atoms with Gasteiger partial charge in [-0.3, -0.25) is 0 Å². The Bertz CT molecular complexity index is 511. The highest BCUT2D eigenvalue weighted by Crippen LogP contribution is 2.28. The molecule has 1 atom stereocenters. The minimum Gasteiger partial charge on any atom is -0.389 e. The molecule has 0 aliphatic rings. The molecule has 1 aromatic carbocycles. The van der Waals surface area contributed by atoms with Crippen LogP contribution in [0.3, 0.4) is 0 Å². The van der Waals surface area contributed by atoms with Crippen LogP contribution in [0.4, 0.5) is 5.69 Å². The molecule has 2 rings (SSSR count). The summed E-state index contributed by atoms with van der Waals surface area (Å²) in [5, 5.41) is 11.7. The highest BCUT2D eigenvalue weighted by Gasteiger charge is 2.09. The van der Waals surface area contributed by atoms with E-state index in [0.29, 0.717) is 0 Å². The van der Waals surface area contributed by atoms with Gasteiger partial charge in [-0.25, -0.2) is 0 Å². The fourth-order valence-electron chi connectivity index (χ4n) is 1.82. The van der Waals surface area contributed by atoms with Crippen molar-refractivity contribution in [2.24, 2.45) is 0 Å². The van der Waals surface area contributed by atoms with Gasteiger partial charge in [-0.15, -0.1) is 11.3 Å². The molecular weight excluding hydrogens is 310 g/mol. The zero-order valence-corrected chi connectivity index (χ0v) is 12.8. The first kappa shape index (κ1) is 13.6. The molecule has 1 heterocycles. The standard InChI is InChI=1S/C14H16BrNOS/c1-10(17)13-6-5-11(8-14(13)15)16(2)9-12-4-3-7-18-12/h3-8,10,17H,9H2,1-2H3/t10-/m1/s1. The number of nitrogens with zero attached hydrogens (tertiary/aromatic N) is 1. The van der Waals surface area contributed by atoms with Crippen LogP contribution in [-0.2, 0) is 6.54 Å². The van der Waals surface area contributed by atoms with Crippen molar-refractivity contribution in [2.75, 3.05) is 11.9 Å². The number of thiophene rings is 1. The zero-order chi connectivity index (χ0) is 13.1. The maximum atomic E-state index is 9.60. The first-order valence-corrected chi connectivity index (χ1v) is 7.46. The number of hydrogen-bond acceptors (Lipinski definition) is 3. The maximum Gasteiger partial charge on any atom is 0.0772 e. The van der Waals surface area contributed by atoms with E-state index in [0.717, 1.165) is 22.3 Å². The van der Waals surface area contributed by atoms with Gasteiger partial charge in [0.15, 0.2) is 0 Å². The third-order valence-electron chi connectivity index (χ3n) is 2.85. The molecule has 0 saturated carbocycles. The van der Waals surface area contributed by atoms with Crippen LogP contribution < -0.4 is 4.90 Å². The zero-order valence-electron chi connectivity index (χ0n) is 10.4. The Morgan fingerprint density at radius 1 is 1.39 bits per heavy atom. The monoisotopic (exact) mass is 325 g/mol. The molecule has 0 unspecified atom stereocenters. The first-order valence-electron chi connectivity index (χ1n) is 5.79. The third-order valence-corrected chi connectivity index (χ3v) is 4.40. The summed E-state index contributed by atoms with van der Waals surface area (Å²) in [4.78, 5) is 3.54. The molecule has 1 N–H and O–H groups in total. The van der Waals surface area contributed by atoms with E-state index >= 15 is 0 Å². The summed E-state index contributed by atoms with van der Waals surface area (Å²) in [7, 11) is 2.07. The van der Waals surface area contributed by atoms with Gasteiger partial charge in [-0.2, -0.15) is 0 Å². The van der Waals surface area contributed by atoms with Crippen LogP contribution in [0.25, 0.3) is 0 Å². The average Bonchev–Trinajstić information content (AvgIpc) is 2.81. The van der Waals surface area contributed by atoms with Gasteiger partial charge < -0.3 is 10.0 Å². The van der Waals surface area contributed by atoms with Gasteiger partial charge in [0.05, 0.1) is 12.6 Å². The van der Waals surface area contributed by atoms with Crippen molar-refractivity contribution in [3.63, 3.8) is 0 Å². The van der Waals surface area contributed by atoms with Crippen LogP contribution in [0, 0.1) is 0 Å². The second-order valence-electron chi connectivity index (χ2n) is 4.32. The van der Waals surface area contributed by atoms with E-state index in [1.807, 2.05) is 12.1 Å². The van der Waals surface area contributed by atoms with Gasteiger partial charge in [-0.1, -0.05) is 28.1 Å². The van der Waals surface area contributed by atoms with Gasteiger partial charge in [0.25, 0.3) is 0 Å². The van der Waals surface area contributed by atoms with E-state index in [4.69, 9.17) is 0 Å². The quantitative estimate of drug-likeness (QED) is 0.910. The lowest BCUT2D eigenvalue weighted by atomic mass is 10.1. The van der Waals surface area contributed by atoms with Crippen molar-refractivity contribution in [3.05, 3.63) is 50.6 Å². The largest absolute Gasteiger partial charge is 0.389 e. The van der Waals surface area contributed by atoms with Gasteiger partial charge in [-0.05, 0) is 36.1 Å². The lowest BCUT2D eigenvalue weighted by Crippen LogP contribution is -2.15. The Hall–Kier alpha value is -0.840. The predicted molar refractivity (Wildman–Crippen MR) is 81.2 cm³/mol. The minimum atomic E-state index is -0.448. The Labute approximate surface area is 120 Å². The molecule has 0 fully saturated rings. The number of anilines is 1. The Morgan fingerprint density at radius 2 is 2.17 bits per heavy atom. The molecule has 2 nitrogen and oxygen atoms in total. The fraction of sp³-hybridized carbons (Fsp3) is 0.286. The molecule has 0 radical (unpaired) electrons. The smallest absolute Gasteiger partial charge is 0.0772 e. The number of rotatable bonds is 4. The second-order valence-corrected chi connectivity index (χ2v) is 6.20. The van der Waals surface area contributed by atoms with Crippen molar-refractivity contribution in [2.45, 2.75) is 19.6 Å². The van der Waals surface area contributed by atoms with Crippen LogP contribution in [-0.4, -0.2) is 12.2 Å². The summed E-state index contributed by atoms with van der Waals surface area (Å²) >= 11 is 5.27. The molecule has 0 saturated heterocycles. The topological polar surface area (TPSA) is 23.5 Å². The van der Waals surface area contributed by atoms with Crippen LogP contribution in [0.1, 0.15) is 23.5 Å². The molecule has 0 aliphatic heterocycles. The first-order chi connectivity index (χ1) is 8.58. The number of hydrogen-bond donors (Lipinski definition) is 1. The molecule has 18 heavy (non-hydrogen) atoms. The van der Waals surface area contributed by atoms with Crippen LogP contribution in [0.2, 0.25) is 0 Å². The maximum absolute atomic E-state index is 9.60. The van der Waals surface area contributed by atoms with Gasteiger partial charge in [0.1, 0.15) is 0 Å². The van der Waals surface area contributed by atoms with Crippen LogP contribution in [0.5, 0.6) is 0 Å². The SMILES string of the molecule is C[C@@H](O)c1ccc(N(C)Cc2cccs2)cc1Br. The van der Waals surface area contributed by atoms with Gasteiger partial charge >= 0.3 is 0 Å². The summed E-state index contributed by atoms with van der Waals surface area (Å²) < 4.78 is 0.952.